The van der Waals surface area contributed by atoms with E-state index in [1.807, 2.05) is 12.1 Å². The van der Waals surface area contributed by atoms with Gasteiger partial charge in [-0.05, 0) is 31.4 Å². The molecule has 0 spiro atoms. The van der Waals surface area contributed by atoms with Gasteiger partial charge in [-0.15, -0.1) is 0 Å². The molecular weight excluding hydrogens is 246 g/mol. The molecule has 0 bridgehead atoms. The smallest absolute Gasteiger partial charge is 0.306 e. The van der Waals surface area contributed by atoms with E-state index >= 15 is 0 Å². The summed E-state index contributed by atoms with van der Waals surface area (Å²) in [4.78, 5) is 10.6. The minimum atomic E-state index is -0.759. The van der Waals surface area contributed by atoms with Crippen molar-refractivity contribution >= 4 is 12.2 Å². The number of oxime groups is 1. The zero-order valence-electron chi connectivity index (χ0n) is 11.0. The molecule has 0 aliphatic carbocycles. The van der Waals surface area contributed by atoms with Crippen molar-refractivity contribution in [3.63, 3.8) is 0 Å². The van der Waals surface area contributed by atoms with Crippen LogP contribution in [0.25, 0.3) is 0 Å². The number of hydrogen-bond acceptors (Lipinski definition) is 4. The van der Waals surface area contributed by atoms with Crippen molar-refractivity contribution in [2.45, 2.75) is 26.2 Å². The van der Waals surface area contributed by atoms with Crippen LogP contribution < -0.4 is 4.74 Å². The Bertz CT molecular complexity index is 431. The monoisotopic (exact) mass is 265 g/mol. The van der Waals surface area contributed by atoms with Crippen molar-refractivity contribution < 1.29 is 19.8 Å². The Balaban J connectivity index is 2.32. The third-order valence-corrected chi connectivity index (χ3v) is 2.83. The van der Waals surface area contributed by atoms with Gasteiger partial charge in [0, 0.05) is 5.56 Å². The van der Waals surface area contributed by atoms with E-state index in [0.29, 0.717) is 24.3 Å². The molecule has 1 aromatic rings. The zero-order chi connectivity index (χ0) is 14.1. The zero-order valence-corrected chi connectivity index (χ0v) is 11.0. The average molecular weight is 265 g/mol. The number of para-hydroxylation sites is 1. The number of ether oxygens (including phenoxy) is 1. The van der Waals surface area contributed by atoms with Crippen molar-refractivity contribution in [3.8, 4) is 5.75 Å². The van der Waals surface area contributed by atoms with Crippen molar-refractivity contribution in [2.24, 2.45) is 11.1 Å². The van der Waals surface area contributed by atoms with Crippen LogP contribution in [0.5, 0.6) is 5.75 Å². The Kier molecular flexibility index (Phi) is 6.43. The predicted octanol–water partition coefficient (Wildman–Crippen LogP) is 2.76. The molecule has 1 unspecified atom stereocenters. The first kappa shape index (κ1) is 15.0. The molecule has 104 valence electrons. The Morgan fingerprint density at radius 2 is 2.16 bits per heavy atom. The van der Waals surface area contributed by atoms with Gasteiger partial charge in [-0.3, -0.25) is 4.79 Å². The maximum absolute atomic E-state index is 10.6. The lowest BCUT2D eigenvalue weighted by Gasteiger charge is -2.09. The second kappa shape index (κ2) is 8.13. The van der Waals surface area contributed by atoms with Gasteiger partial charge in [0.25, 0.3) is 0 Å². The van der Waals surface area contributed by atoms with E-state index in [2.05, 4.69) is 5.16 Å². The molecule has 0 fully saturated rings. The molecule has 1 aromatic carbocycles. The third kappa shape index (κ3) is 5.42. The van der Waals surface area contributed by atoms with Crippen molar-refractivity contribution in [1.82, 2.24) is 0 Å². The first-order valence-corrected chi connectivity index (χ1v) is 6.27. The summed E-state index contributed by atoms with van der Waals surface area (Å²) in [5.74, 6) is -0.411. The largest absolute Gasteiger partial charge is 0.493 e. The summed E-state index contributed by atoms with van der Waals surface area (Å²) in [5.41, 5.74) is 0.712. The standard InChI is InChI=1S/C14H19NO4/c1-11(14(16)17)6-4-5-9-19-13-8-3-2-7-12(13)10-15-18/h2-3,7-8,10-11,18H,4-6,9H2,1H3,(H,16,17). The maximum Gasteiger partial charge on any atom is 0.306 e. The van der Waals surface area contributed by atoms with E-state index in [9.17, 15) is 4.79 Å². The van der Waals surface area contributed by atoms with Crippen LogP contribution in [0.1, 0.15) is 31.7 Å². The number of rotatable bonds is 8. The second-order valence-electron chi connectivity index (χ2n) is 4.37. The first-order valence-electron chi connectivity index (χ1n) is 6.27. The van der Waals surface area contributed by atoms with Gasteiger partial charge in [-0.2, -0.15) is 0 Å². The van der Waals surface area contributed by atoms with Gasteiger partial charge in [0.05, 0.1) is 18.7 Å². The quantitative estimate of drug-likeness (QED) is 0.328. The molecule has 0 saturated heterocycles. The van der Waals surface area contributed by atoms with Crippen LogP contribution in [0.4, 0.5) is 0 Å². The second-order valence-corrected chi connectivity index (χ2v) is 4.37. The number of unbranched alkanes of at least 4 members (excludes halogenated alkanes) is 1. The molecule has 0 amide bonds. The summed E-state index contributed by atoms with van der Waals surface area (Å²) >= 11 is 0. The summed E-state index contributed by atoms with van der Waals surface area (Å²) in [5, 5.41) is 20.3. The summed E-state index contributed by atoms with van der Waals surface area (Å²) in [6.07, 6.45) is 3.58. The van der Waals surface area contributed by atoms with Crippen molar-refractivity contribution in [1.29, 1.82) is 0 Å². The summed E-state index contributed by atoms with van der Waals surface area (Å²) < 4.78 is 5.58. The third-order valence-electron chi connectivity index (χ3n) is 2.83. The van der Waals surface area contributed by atoms with Gasteiger partial charge >= 0.3 is 5.97 Å². The molecule has 2 N–H and O–H groups in total. The highest BCUT2D eigenvalue weighted by molar-refractivity contribution is 5.82. The summed E-state index contributed by atoms with van der Waals surface area (Å²) in [6.45, 7) is 2.22. The molecule has 5 heteroatoms. The topological polar surface area (TPSA) is 79.1 Å². The van der Waals surface area contributed by atoms with Crippen LogP contribution in [-0.2, 0) is 4.79 Å². The van der Waals surface area contributed by atoms with E-state index in [1.165, 1.54) is 6.21 Å². The fourth-order valence-corrected chi connectivity index (χ4v) is 1.64. The highest BCUT2D eigenvalue weighted by Gasteiger charge is 2.09. The van der Waals surface area contributed by atoms with Gasteiger partial charge in [0.15, 0.2) is 0 Å². The average Bonchev–Trinajstić information content (AvgIpc) is 2.40. The van der Waals surface area contributed by atoms with Gasteiger partial charge in [-0.25, -0.2) is 0 Å². The number of carboxylic acids is 1. The molecule has 1 rings (SSSR count). The van der Waals surface area contributed by atoms with Gasteiger partial charge in [-0.1, -0.05) is 24.2 Å². The fraction of sp³-hybridized carbons (Fsp3) is 0.429. The molecule has 0 saturated carbocycles. The lowest BCUT2D eigenvalue weighted by molar-refractivity contribution is -0.141. The summed E-state index contributed by atoms with van der Waals surface area (Å²) in [6, 6.07) is 7.27. The Labute approximate surface area is 112 Å². The van der Waals surface area contributed by atoms with E-state index in [0.717, 1.165) is 12.8 Å². The molecule has 0 heterocycles. The van der Waals surface area contributed by atoms with Crippen LogP contribution in [0.3, 0.4) is 0 Å². The predicted molar refractivity (Wildman–Crippen MR) is 72.0 cm³/mol. The Morgan fingerprint density at radius 1 is 1.42 bits per heavy atom. The van der Waals surface area contributed by atoms with Crippen LogP contribution in [0, 0.1) is 5.92 Å². The van der Waals surface area contributed by atoms with Crippen LogP contribution in [-0.4, -0.2) is 29.1 Å². The number of aliphatic carboxylic acids is 1. The van der Waals surface area contributed by atoms with Crippen LogP contribution in [0.15, 0.2) is 29.4 Å². The molecule has 0 radical (unpaired) electrons. The Morgan fingerprint density at radius 3 is 2.84 bits per heavy atom. The van der Waals surface area contributed by atoms with Crippen LogP contribution in [0.2, 0.25) is 0 Å². The van der Waals surface area contributed by atoms with Gasteiger partial charge < -0.3 is 15.1 Å². The number of benzene rings is 1. The minimum absolute atomic E-state index is 0.311. The number of nitrogens with zero attached hydrogens (tertiary/aromatic N) is 1. The van der Waals surface area contributed by atoms with Gasteiger partial charge in [0.2, 0.25) is 0 Å². The molecular formula is C14H19NO4. The van der Waals surface area contributed by atoms with E-state index in [4.69, 9.17) is 15.1 Å². The first-order chi connectivity index (χ1) is 9.15. The molecule has 1 atom stereocenters. The molecule has 0 aromatic heterocycles. The van der Waals surface area contributed by atoms with Gasteiger partial charge in [0.1, 0.15) is 5.75 Å². The van der Waals surface area contributed by atoms with E-state index in [-0.39, 0.29) is 5.92 Å². The molecule has 19 heavy (non-hydrogen) atoms. The normalized spacial score (nSPS) is 12.5. The minimum Gasteiger partial charge on any atom is -0.493 e. The highest BCUT2D eigenvalue weighted by Crippen LogP contribution is 2.16. The maximum atomic E-state index is 10.6. The number of hydrogen-bond donors (Lipinski definition) is 2. The fourth-order valence-electron chi connectivity index (χ4n) is 1.64. The number of carbonyl (C=O) groups is 1. The molecule has 0 aliphatic heterocycles. The molecule has 0 aliphatic rings. The van der Waals surface area contributed by atoms with E-state index < -0.39 is 5.97 Å². The SMILES string of the molecule is CC(CCCCOc1ccccc1C=NO)C(=O)O. The molecule has 5 nitrogen and oxygen atoms in total. The lowest BCUT2D eigenvalue weighted by atomic mass is 10.1. The van der Waals surface area contributed by atoms with Crippen LogP contribution >= 0.6 is 0 Å². The highest BCUT2D eigenvalue weighted by atomic mass is 16.5. The lowest BCUT2D eigenvalue weighted by Crippen LogP contribution is -2.09. The Hall–Kier alpha value is -2.04. The van der Waals surface area contributed by atoms with Crippen molar-refractivity contribution in [2.75, 3.05) is 6.61 Å². The number of carboxylic acid groups (broad SMARTS) is 1. The van der Waals surface area contributed by atoms with E-state index in [1.54, 1.807) is 19.1 Å². The summed E-state index contributed by atoms with van der Waals surface area (Å²) in [7, 11) is 0. The van der Waals surface area contributed by atoms with Crippen molar-refractivity contribution in [3.05, 3.63) is 29.8 Å².